The first kappa shape index (κ1) is 22.7. The Labute approximate surface area is 228 Å². The van der Waals surface area contributed by atoms with Crippen LogP contribution < -0.4 is 0 Å². The molecule has 0 amide bonds. The Kier molecular flexibility index (Phi) is 5.58. The van der Waals surface area contributed by atoms with Gasteiger partial charge in [-0.2, -0.15) is 0 Å². The summed E-state index contributed by atoms with van der Waals surface area (Å²) in [6.07, 6.45) is 2.25. The van der Waals surface area contributed by atoms with Crippen LogP contribution in [0.2, 0.25) is 0 Å². The number of fused-ring (bicyclic) bond motifs is 2. The molecule has 0 aliphatic carbocycles. The van der Waals surface area contributed by atoms with Crippen LogP contribution in [0.3, 0.4) is 0 Å². The maximum absolute atomic E-state index is 3.76. The molecule has 1 aromatic heterocycles. The van der Waals surface area contributed by atoms with E-state index in [-0.39, 0.29) is 8.16 Å². The largest absolute Gasteiger partial charge is 0.362 e. The van der Waals surface area contributed by atoms with Crippen LogP contribution in [-0.2, 0) is 8.16 Å². The van der Waals surface area contributed by atoms with Gasteiger partial charge in [-0.05, 0) is 48.4 Å². The molecule has 4 aromatic carbocycles. The zero-order valence-electron chi connectivity index (χ0n) is 19.6. The minimum Gasteiger partial charge on any atom is -0.362 e. The maximum Gasteiger partial charge on any atom is 0.135 e. The molecule has 0 atom stereocenters. The van der Waals surface area contributed by atoms with Crippen molar-refractivity contribution in [2.45, 2.75) is 34.7 Å². The molecule has 0 radical (unpaired) electrons. The Balaban J connectivity index is 1.38. The average Bonchev–Trinajstić information content (AvgIpc) is 3.65. The lowest BCUT2D eigenvalue weighted by molar-refractivity contribution is 1.02. The molecule has 5 aromatic rings. The van der Waals surface area contributed by atoms with E-state index in [9.17, 15) is 0 Å². The molecule has 0 spiro atoms. The topological polar surface area (TPSA) is 15.8 Å². The van der Waals surface area contributed by atoms with Crippen molar-refractivity contribution in [3.05, 3.63) is 143 Å². The normalized spacial score (nSPS) is 17.0. The Bertz CT molecular complexity index is 1510. The molecule has 1 nitrogen and oxygen atoms in total. The number of benzene rings is 4. The second-order valence-electron chi connectivity index (χ2n) is 9.07. The average molecular weight is 538 g/mol. The van der Waals surface area contributed by atoms with Crippen molar-refractivity contribution in [1.82, 2.24) is 4.98 Å². The van der Waals surface area contributed by atoms with E-state index in [1.54, 1.807) is 0 Å². The van der Waals surface area contributed by atoms with Crippen molar-refractivity contribution < 1.29 is 0 Å². The number of H-pyrrole nitrogens is 1. The van der Waals surface area contributed by atoms with Crippen molar-refractivity contribution in [2.75, 3.05) is 0 Å². The number of aromatic nitrogens is 1. The highest BCUT2D eigenvalue weighted by Crippen LogP contribution is 2.67. The molecule has 2 aliphatic rings. The van der Waals surface area contributed by atoms with E-state index in [1.165, 1.54) is 47.5 Å². The minimum absolute atomic E-state index is 0.231. The molecule has 0 unspecified atom stereocenters. The number of rotatable bonds is 4. The molecule has 36 heavy (non-hydrogen) atoms. The van der Waals surface area contributed by atoms with E-state index >= 15 is 0 Å². The number of aromatic amines is 1. The molecule has 0 bridgehead atoms. The Morgan fingerprint density at radius 2 is 0.972 bits per heavy atom. The van der Waals surface area contributed by atoms with Crippen LogP contribution in [0, 0.1) is 6.92 Å². The Morgan fingerprint density at radius 1 is 0.500 bits per heavy atom. The summed E-state index contributed by atoms with van der Waals surface area (Å²) in [6.45, 7) is 2.16. The molecular weight excluding hydrogens is 515 g/mol. The Hall–Kier alpha value is -2.44. The van der Waals surface area contributed by atoms with Gasteiger partial charge < -0.3 is 4.98 Å². The molecule has 3 heterocycles. The first-order valence-corrected chi connectivity index (χ1v) is 15.2. The summed E-state index contributed by atoms with van der Waals surface area (Å²) in [7, 11) is 0. The van der Waals surface area contributed by atoms with E-state index in [2.05, 4.69) is 127 Å². The van der Waals surface area contributed by atoms with Crippen LogP contribution >= 0.6 is 47.0 Å². The lowest BCUT2D eigenvalue weighted by Crippen LogP contribution is -2.18. The van der Waals surface area contributed by atoms with Gasteiger partial charge in [0.1, 0.15) is 8.16 Å². The van der Waals surface area contributed by atoms with Crippen LogP contribution in [0.25, 0.3) is 0 Å². The summed E-state index contributed by atoms with van der Waals surface area (Å²) in [5.41, 5.74) is 6.46. The van der Waals surface area contributed by atoms with Gasteiger partial charge in [0.25, 0.3) is 0 Å². The highest BCUT2D eigenvalue weighted by molar-refractivity contribution is 8.20. The number of hydrogen-bond donors (Lipinski definition) is 1. The van der Waals surface area contributed by atoms with E-state index in [0.29, 0.717) is 0 Å². The predicted molar refractivity (Wildman–Crippen MR) is 156 cm³/mol. The fourth-order valence-electron chi connectivity index (χ4n) is 4.89. The van der Waals surface area contributed by atoms with Crippen molar-refractivity contribution in [1.29, 1.82) is 0 Å². The van der Waals surface area contributed by atoms with Crippen molar-refractivity contribution in [3.8, 4) is 0 Å². The quantitative estimate of drug-likeness (QED) is 0.245. The monoisotopic (exact) mass is 537 g/mol. The summed E-state index contributed by atoms with van der Waals surface area (Å²) in [4.78, 5) is 9.14. The zero-order chi connectivity index (χ0) is 24.2. The second kappa shape index (κ2) is 8.84. The third kappa shape index (κ3) is 3.59. The third-order valence-electron chi connectivity index (χ3n) is 6.72. The standard InChI is InChI=1S/C31H23NS4/c1-21-15-17-23(18-16-21)30(33-25-11-5-6-12-26(25)34-30)24-19-29(32-20-24)31(22-9-3-2-4-10-22)35-27-13-7-8-14-28(27)36-31/h2-20,32H,1H3. The van der Waals surface area contributed by atoms with Gasteiger partial charge in [0, 0.05) is 37.0 Å². The summed E-state index contributed by atoms with van der Waals surface area (Å²) in [5, 5.41) is 0. The van der Waals surface area contributed by atoms with Crippen molar-refractivity contribution in [3.63, 3.8) is 0 Å². The van der Waals surface area contributed by atoms with Gasteiger partial charge >= 0.3 is 0 Å². The molecule has 0 fully saturated rings. The third-order valence-corrected chi connectivity index (χ3v) is 13.3. The maximum atomic E-state index is 3.76. The van der Waals surface area contributed by atoms with Crippen LogP contribution in [0.1, 0.15) is 27.9 Å². The molecule has 0 saturated heterocycles. The van der Waals surface area contributed by atoms with Gasteiger partial charge in [-0.1, -0.05) is 131 Å². The van der Waals surface area contributed by atoms with E-state index in [1.807, 2.05) is 47.0 Å². The number of nitrogens with one attached hydrogen (secondary N) is 1. The van der Waals surface area contributed by atoms with Crippen molar-refractivity contribution in [2.24, 2.45) is 0 Å². The van der Waals surface area contributed by atoms with Gasteiger partial charge in [0.2, 0.25) is 0 Å². The molecule has 0 saturated carbocycles. The van der Waals surface area contributed by atoms with Gasteiger partial charge in [-0.25, -0.2) is 0 Å². The number of aryl methyl sites for hydroxylation is 1. The molecular formula is C31H23NS4. The summed E-state index contributed by atoms with van der Waals surface area (Å²) < 4.78 is -0.483. The summed E-state index contributed by atoms with van der Waals surface area (Å²) >= 11 is 7.82. The molecule has 5 heteroatoms. The van der Waals surface area contributed by atoms with Crippen LogP contribution in [0.5, 0.6) is 0 Å². The van der Waals surface area contributed by atoms with Crippen LogP contribution in [0.15, 0.2) is 135 Å². The van der Waals surface area contributed by atoms with E-state index < -0.39 is 0 Å². The smallest absolute Gasteiger partial charge is 0.135 e. The lowest BCUT2D eigenvalue weighted by atomic mass is 10.0. The molecule has 2 aliphatic heterocycles. The molecule has 176 valence electrons. The highest BCUT2D eigenvalue weighted by atomic mass is 32.2. The first-order valence-electron chi connectivity index (χ1n) is 11.9. The zero-order valence-corrected chi connectivity index (χ0v) is 22.9. The van der Waals surface area contributed by atoms with Gasteiger partial charge in [0.15, 0.2) is 0 Å². The minimum atomic E-state index is -0.252. The first-order chi connectivity index (χ1) is 17.7. The van der Waals surface area contributed by atoms with Crippen LogP contribution in [0.4, 0.5) is 0 Å². The highest BCUT2D eigenvalue weighted by Gasteiger charge is 2.47. The van der Waals surface area contributed by atoms with Gasteiger partial charge in [-0.15, -0.1) is 0 Å². The Morgan fingerprint density at radius 3 is 1.53 bits per heavy atom. The summed E-state index contributed by atoms with van der Waals surface area (Å²) in [5.74, 6) is 0. The fourth-order valence-corrected chi connectivity index (χ4v) is 11.2. The molecule has 7 rings (SSSR count). The number of thioether (sulfide) groups is 4. The second-order valence-corrected chi connectivity index (χ2v) is 14.6. The number of hydrogen-bond acceptors (Lipinski definition) is 4. The fraction of sp³-hybridized carbons (Fsp3) is 0.0968. The van der Waals surface area contributed by atoms with Crippen LogP contribution in [-0.4, -0.2) is 4.98 Å². The summed E-state index contributed by atoms with van der Waals surface area (Å²) in [6, 6.07) is 40.0. The SMILES string of the molecule is Cc1ccc(C2(c3c[nH]c(C4(c5ccccc5)Sc5ccccc5S4)c3)Sc3ccccc3S2)cc1. The predicted octanol–water partition coefficient (Wildman–Crippen LogP) is 9.52. The lowest BCUT2D eigenvalue weighted by Gasteiger charge is -2.29. The molecule has 1 N–H and O–H groups in total. The van der Waals surface area contributed by atoms with Gasteiger partial charge in [0.05, 0.1) is 0 Å². The van der Waals surface area contributed by atoms with Crippen molar-refractivity contribution >= 4 is 47.0 Å². The van der Waals surface area contributed by atoms with E-state index in [0.717, 1.165) is 0 Å². The van der Waals surface area contributed by atoms with E-state index in [4.69, 9.17) is 0 Å². The van der Waals surface area contributed by atoms with Gasteiger partial charge in [-0.3, -0.25) is 0 Å².